The Morgan fingerprint density at radius 1 is 1.17 bits per heavy atom. The number of fused-ring (bicyclic) bond motifs is 1. The van der Waals surface area contributed by atoms with E-state index >= 15 is 0 Å². The summed E-state index contributed by atoms with van der Waals surface area (Å²) in [7, 11) is 0. The number of carbonyl (C=O) groups is 1. The van der Waals surface area contributed by atoms with Gasteiger partial charge in [0.1, 0.15) is 17.1 Å². The predicted molar refractivity (Wildman–Crippen MR) is 86.6 cm³/mol. The van der Waals surface area contributed by atoms with Gasteiger partial charge in [-0.15, -0.1) is 0 Å². The second kappa shape index (κ2) is 5.88. The van der Waals surface area contributed by atoms with Crippen LogP contribution in [0.1, 0.15) is 40.6 Å². The lowest BCUT2D eigenvalue weighted by Gasteiger charge is -2.22. The van der Waals surface area contributed by atoms with Crippen LogP contribution in [0.4, 0.5) is 0 Å². The molecule has 3 aromatic rings. The SMILES string of the molecule is O=C(N[C@H]1CCCc2occc21)c1ccc(-c2ccco2)[nH]c1=O. The number of hydrogen-bond donors (Lipinski definition) is 2. The van der Waals surface area contributed by atoms with Crippen molar-refractivity contribution in [2.75, 3.05) is 0 Å². The molecule has 0 spiro atoms. The van der Waals surface area contributed by atoms with Crippen molar-refractivity contribution in [1.82, 2.24) is 10.3 Å². The first-order valence-corrected chi connectivity index (χ1v) is 7.87. The minimum Gasteiger partial charge on any atom is -0.469 e. The topological polar surface area (TPSA) is 88.2 Å². The van der Waals surface area contributed by atoms with Gasteiger partial charge >= 0.3 is 0 Å². The van der Waals surface area contributed by atoms with E-state index in [4.69, 9.17) is 8.83 Å². The lowest BCUT2D eigenvalue weighted by atomic mass is 9.93. The van der Waals surface area contributed by atoms with Crippen LogP contribution in [-0.4, -0.2) is 10.9 Å². The number of H-pyrrole nitrogens is 1. The van der Waals surface area contributed by atoms with Gasteiger partial charge in [-0.3, -0.25) is 9.59 Å². The molecular formula is C18H16N2O4. The predicted octanol–water partition coefficient (Wildman–Crippen LogP) is 3.04. The van der Waals surface area contributed by atoms with Gasteiger partial charge in [-0.2, -0.15) is 0 Å². The molecule has 0 unspecified atom stereocenters. The zero-order valence-corrected chi connectivity index (χ0v) is 12.9. The van der Waals surface area contributed by atoms with E-state index in [2.05, 4.69) is 10.3 Å². The average molecular weight is 324 g/mol. The van der Waals surface area contributed by atoms with E-state index < -0.39 is 5.56 Å². The number of aromatic amines is 1. The van der Waals surface area contributed by atoms with Crippen molar-refractivity contribution in [3.05, 3.63) is 70.1 Å². The molecule has 6 nitrogen and oxygen atoms in total. The van der Waals surface area contributed by atoms with Crippen molar-refractivity contribution in [1.29, 1.82) is 0 Å². The van der Waals surface area contributed by atoms with Gasteiger partial charge in [0.15, 0.2) is 0 Å². The van der Waals surface area contributed by atoms with Crippen LogP contribution < -0.4 is 10.9 Å². The Morgan fingerprint density at radius 2 is 2.08 bits per heavy atom. The monoisotopic (exact) mass is 324 g/mol. The van der Waals surface area contributed by atoms with Gasteiger partial charge in [0.2, 0.25) is 0 Å². The highest BCUT2D eigenvalue weighted by molar-refractivity contribution is 5.94. The third-order valence-electron chi connectivity index (χ3n) is 4.30. The molecule has 0 fully saturated rings. The summed E-state index contributed by atoms with van der Waals surface area (Å²) in [5.74, 6) is 1.07. The molecular weight excluding hydrogens is 308 g/mol. The molecule has 2 N–H and O–H groups in total. The molecule has 0 radical (unpaired) electrons. The maximum atomic E-state index is 12.5. The quantitative estimate of drug-likeness (QED) is 0.775. The van der Waals surface area contributed by atoms with Crippen molar-refractivity contribution in [3.8, 4) is 11.5 Å². The fraction of sp³-hybridized carbons (Fsp3) is 0.222. The molecule has 0 saturated carbocycles. The van der Waals surface area contributed by atoms with Crippen LogP contribution in [0.15, 0.2) is 56.5 Å². The number of hydrogen-bond acceptors (Lipinski definition) is 4. The second-order valence-corrected chi connectivity index (χ2v) is 5.81. The summed E-state index contributed by atoms with van der Waals surface area (Å²) in [6.45, 7) is 0. The lowest BCUT2D eigenvalue weighted by molar-refractivity contribution is 0.0930. The largest absolute Gasteiger partial charge is 0.469 e. The van der Waals surface area contributed by atoms with Gasteiger partial charge in [-0.05, 0) is 43.2 Å². The summed E-state index contributed by atoms with van der Waals surface area (Å²) in [4.78, 5) is 27.4. The lowest BCUT2D eigenvalue weighted by Crippen LogP contribution is -2.34. The van der Waals surface area contributed by atoms with Crippen molar-refractivity contribution < 1.29 is 13.6 Å². The number of pyridine rings is 1. The zero-order chi connectivity index (χ0) is 16.5. The van der Waals surface area contributed by atoms with Gasteiger partial charge in [0.05, 0.1) is 24.3 Å². The molecule has 1 amide bonds. The molecule has 0 aliphatic heterocycles. The molecule has 1 atom stereocenters. The number of nitrogens with one attached hydrogen (secondary N) is 2. The fourth-order valence-electron chi connectivity index (χ4n) is 3.10. The van der Waals surface area contributed by atoms with Crippen LogP contribution in [0.5, 0.6) is 0 Å². The van der Waals surface area contributed by atoms with E-state index in [0.29, 0.717) is 11.5 Å². The maximum Gasteiger partial charge on any atom is 0.261 e. The molecule has 4 rings (SSSR count). The first kappa shape index (κ1) is 14.6. The van der Waals surface area contributed by atoms with Crippen LogP contribution in [0.3, 0.4) is 0 Å². The third kappa shape index (κ3) is 2.56. The molecule has 1 aliphatic rings. The van der Waals surface area contributed by atoms with Crippen molar-refractivity contribution >= 4 is 5.91 Å². The standard InChI is InChI=1S/C18H16N2O4/c21-17(19-13-3-1-4-15-11(13)8-10-24-15)12-6-7-14(20-18(12)22)16-5-2-9-23-16/h2,5-10,13H,1,3-4H2,(H,19,21)(H,20,22)/t13-/m0/s1. The summed E-state index contributed by atoms with van der Waals surface area (Å²) >= 11 is 0. The first-order chi connectivity index (χ1) is 11.7. The maximum absolute atomic E-state index is 12.5. The average Bonchev–Trinajstić information content (AvgIpc) is 3.26. The first-order valence-electron chi connectivity index (χ1n) is 7.87. The normalized spacial score (nSPS) is 16.6. The Labute approximate surface area is 137 Å². The van der Waals surface area contributed by atoms with Gasteiger partial charge in [0.25, 0.3) is 11.5 Å². The number of carbonyl (C=O) groups excluding carboxylic acids is 1. The van der Waals surface area contributed by atoms with Gasteiger partial charge in [-0.1, -0.05) is 0 Å². The summed E-state index contributed by atoms with van der Waals surface area (Å²) in [5.41, 5.74) is 1.18. The van der Waals surface area contributed by atoms with E-state index in [-0.39, 0.29) is 17.5 Å². The van der Waals surface area contributed by atoms with Gasteiger partial charge in [-0.25, -0.2) is 0 Å². The van der Waals surface area contributed by atoms with Crippen molar-refractivity contribution in [3.63, 3.8) is 0 Å². The number of aryl methyl sites for hydroxylation is 1. The summed E-state index contributed by atoms with van der Waals surface area (Å²) in [6, 6.07) is 8.42. The highest BCUT2D eigenvalue weighted by Gasteiger charge is 2.25. The minimum atomic E-state index is -0.440. The van der Waals surface area contributed by atoms with Crippen molar-refractivity contribution in [2.24, 2.45) is 0 Å². The summed E-state index contributed by atoms with van der Waals surface area (Å²) in [6.07, 6.45) is 5.83. The highest BCUT2D eigenvalue weighted by Crippen LogP contribution is 2.30. The zero-order valence-electron chi connectivity index (χ0n) is 12.9. The molecule has 3 heterocycles. The Bertz CT molecular complexity index is 921. The molecule has 6 heteroatoms. The molecule has 0 aromatic carbocycles. The number of amides is 1. The number of rotatable bonds is 3. The van der Waals surface area contributed by atoms with Crippen LogP contribution in [0.2, 0.25) is 0 Å². The van der Waals surface area contributed by atoms with E-state index in [0.717, 1.165) is 30.6 Å². The van der Waals surface area contributed by atoms with Crippen LogP contribution in [0, 0.1) is 0 Å². The molecule has 0 bridgehead atoms. The van der Waals surface area contributed by atoms with Gasteiger partial charge in [0, 0.05) is 12.0 Å². The minimum absolute atomic E-state index is 0.0842. The number of aromatic nitrogens is 1. The molecule has 0 saturated heterocycles. The van der Waals surface area contributed by atoms with Crippen LogP contribution in [0.25, 0.3) is 11.5 Å². The highest BCUT2D eigenvalue weighted by atomic mass is 16.3. The van der Waals surface area contributed by atoms with Crippen molar-refractivity contribution in [2.45, 2.75) is 25.3 Å². The summed E-state index contributed by atoms with van der Waals surface area (Å²) in [5, 5.41) is 2.93. The van der Waals surface area contributed by atoms with Crippen LogP contribution >= 0.6 is 0 Å². The third-order valence-corrected chi connectivity index (χ3v) is 4.30. The van der Waals surface area contributed by atoms with E-state index in [1.807, 2.05) is 6.07 Å². The molecule has 24 heavy (non-hydrogen) atoms. The van der Waals surface area contributed by atoms with E-state index in [1.54, 1.807) is 24.5 Å². The second-order valence-electron chi connectivity index (χ2n) is 5.81. The van der Waals surface area contributed by atoms with Crippen LogP contribution in [-0.2, 0) is 6.42 Å². The van der Waals surface area contributed by atoms with E-state index in [9.17, 15) is 9.59 Å². The Kier molecular flexibility index (Phi) is 3.57. The fourth-order valence-corrected chi connectivity index (χ4v) is 3.10. The molecule has 1 aliphatic carbocycles. The Hall–Kier alpha value is -3.02. The van der Waals surface area contributed by atoms with Gasteiger partial charge < -0.3 is 19.1 Å². The smallest absolute Gasteiger partial charge is 0.261 e. The summed E-state index contributed by atoms with van der Waals surface area (Å²) < 4.78 is 10.7. The molecule has 3 aromatic heterocycles. The van der Waals surface area contributed by atoms with E-state index in [1.165, 1.54) is 12.3 Å². The number of furan rings is 2. The Balaban J connectivity index is 1.57. The Morgan fingerprint density at radius 3 is 2.88 bits per heavy atom. The molecule has 122 valence electrons.